The number of anilines is 1. The van der Waals surface area contributed by atoms with Crippen LogP contribution in [0.1, 0.15) is 64.2 Å². The van der Waals surface area contributed by atoms with Gasteiger partial charge in [-0.15, -0.1) is 0 Å². The van der Waals surface area contributed by atoms with Crippen LogP contribution in [0.5, 0.6) is 11.5 Å². The number of piperidine rings is 1. The third-order valence-electron chi connectivity index (χ3n) is 8.35. The summed E-state index contributed by atoms with van der Waals surface area (Å²) in [7, 11) is 3.30. The van der Waals surface area contributed by atoms with Gasteiger partial charge in [-0.2, -0.15) is 0 Å². The maximum absolute atomic E-state index is 13.1. The SMILES string of the molecule is CCO[C@H](C)COCc1ccc([C@@]2(O)CCN(C(=O)OC(C)(C)C)C[C@@H]2OCc2ccc3c(c2)N(CCCOC)CCO3)c(OC)c1. The third kappa shape index (κ3) is 9.96. The number of amides is 1. The smallest absolute Gasteiger partial charge is 0.410 e. The van der Waals surface area contributed by atoms with Gasteiger partial charge in [-0.25, -0.2) is 4.79 Å². The molecular weight excluding hydrogens is 604 g/mol. The van der Waals surface area contributed by atoms with Gasteiger partial charge in [-0.05, 0) is 70.4 Å². The summed E-state index contributed by atoms with van der Waals surface area (Å²) in [6, 6.07) is 11.7. The number of carbonyl (C=O) groups excluding carboxylic acids is 1. The number of likely N-dealkylation sites (tertiary alicyclic amines) is 1. The highest BCUT2D eigenvalue weighted by Crippen LogP contribution is 2.41. The standard InChI is InChI=1S/C36H54N2O9/c1-8-44-26(2)23-43-24-28-10-12-29(32(21-28)42-7)36(40)14-16-38(34(39)47-35(3,4)5)22-33(36)46-25-27-11-13-31-30(20-27)37(17-19-45-31)15-9-18-41-6/h10-13,20-21,26,33,40H,8-9,14-19,22-25H2,1-7H3/t26-,33+,36+/m1/s1. The molecule has 0 saturated carbocycles. The molecule has 4 rings (SSSR count). The van der Waals surface area contributed by atoms with E-state index in [1.807, 2.05) is 65.0 Å². The number of aliphatic hydroxyl groups is 1. The minimum absolute atomic E-state index is 0.00341. The van der Waals surface area contributed by atoms with Gasteiger partial charge in [0.15, 0.2) is 0 Å². The number of rotatable bonds is 15. The molecule has 2 aliphatic rings. The molecule has 1 fully saturated rings. The van der Waals surface area contributed by atoms with E-state index in [1.54, 1.807) is 19.1 Å². The zero-order valence-electron chi connectivity index (χ0n) is 29.2. The van der Waals surface area contributed by atoms with Crippen LogP contribution in [0.2, 0.25) is 0 Å². The molecule has 1 amide bonds. The Kier molecular flexibility index (Phi) is 13.2. The molecule has 0 bridgehead atoms. The van der Waals surface area contributed by atoms with Crippen molar-refractivity contribution >= 4 is 11.8 Å². The van der Waals surface area contributed by atoms with Gasteiger partial charge in [-0.1, -0.05) is 18.2 Å². The van der Waals surface area contributed by atoms with Crippen LogP contribution >= 0.6 is 0 Å². The van der Waals surface area contributed by atoms with Gasteiger partial charge in [0.2, 0.25) is 0 Å². The van der Waals surface area contributed by atoms with Gasteiger partial charge >= 0.3 is 6.09 Å². The van der Waals surface area contributed by atoms with E-state index in [0.29, 0.717) is 50.9 Å². The molecule has 0 aliphatic carbocycles. The van der Waals surface area contributed by atoms with Crippen molar-refractivity contribution in [2.24, 2.45) is 0 Å². The summed E-state index contributed by atoms with van der Waals surface area (Å²) in [5.74, 6) is 1.37. The molecule has 2 aromatic rings. The molecular formula is C36H54N2O9. The van der Waals surface area contributed by atoms with Gasteiger partial charge in [0.25, 0.3) is 0 Å². The lowest BCUT2D eigenvalue weighted by molar-refractivity contribution is -0.155. The Morgan fingerprint density at radius 2 is 1.87 bits per heavy atom. The molecule has 1 saturated heterocycles. The number of hydrogen-bond donors (Lipinski definition) is 1. The molecule has 2 aliphatic heterocycles. The first kappa shape index (κ1) is 36.7. The van der Waals surface area contributed by atoms with Crippen LogP contribution < -0.4 is 14.4 Å². The summed E-state index contributed by atoms with van der Waals surface area (Å²) in [5.41, 5.74) is 1.37. The van der Waals surface area contributed by atoms with Crippen molar-refractivity contribution in [2.75, 3.05) is 71.7 Å². The highest BCUT2D eigenvalue weighted by Gasteiger charge is 2.47. The summed E-state index contributed by atoms with van der Waals surface area (Å²) in [4.78, 5) is 17.0. The molecule has 47 heavy (non-hydrogen) atoms. The summed E-state index contributed by atoms with van der Waals surface area (Å²) in [6.45, 7) is 14.6. The number of benzene rings is 2. The normalized spacial score (nSPS) is 20.4. The molecule has 0 unspecified atom stereocenters. The molecule has 3 atom stereocenters. The highest BCUT2D eigenvalue weighted by atomic mass is 16.6. The first-order valence-electron chi connectivity index (χ1n) is 16.7. The lowest BCUT2D eigenvalue weighted by Crippen LogP contribution is -2.56. The van der Waals surface area contributed by atoms with Crippen LogP contribution in [0.15, 0.2) is 36.4 Å². The topological polar surface area (TPSA) is 108 Å². The van der Waals surface area contributed by atoms with Gasteiger partial charge in [-0.3, -0.25) is 0 Å². The zero-order valence-corrected chi connectivity index (χ0v) is 29.2. The number of hydrogen-bond acceptors (Lipinski definition) is 10. The fourth-order valence-electron chi connectivity index (χ4n) is 6.00. The summed E-state index contributed by atoms with van der Waals surface area (Å²) >= 11 is 0. The van der Waals surface area contributed by atoms with Crippen LogP contribution in [0, 0.1) is 0 Å². The summed E-state index contributed by atoms with van der Waals surface area (Å²) in [5, 5.41) is 12.4. The Hall–Kier alpha value is -3.09. The van der Waals surface area contributed by atoms with E-state index in [0.717, 1.165) is 42.1 Å². The van der Waals surface area contributed by atoms with Crippen molar-refractivity contribution in [2.45, 2.75) is 84.1 Å². The fraction of sp³-hybridized carbons (Fsp3) is 0.639. The van der Waals surface area contributed by atoms with E-state index >= 15 is 0 Å². The Morgan fingerprint density at radius 1 is 1.11 bits per heavy atom. The van der Waals surface area contributed by atoms with Crippen molar-refractivity contribution in [1.29, 1.82) is 0 Å². The quantitative estimate of drug-likeness (QED) is 0.254. The van der Waals surface area contributed by atoms with Crippen LogP contribution in [-0.2, 0) is 42.5 Å². The Bertz CT molecular complexity index is 1300. The second-order valence-electron chi connectivity index (χ2n) is 13.2. The highest BCUT2D eigenvalue weighted by molar-refractivity contribution is 5.68. The maximum atomic E-state index is 13.1. The van der Waals surface area contributed by atoms with Crippen molar-refractivity contribution in [3.05, 3.63) is 53.1 Å². The van der Waals surface area contributed by atoms with E-state index in [-0.39, 0.29) is 25.7 Å². The van der Waals surface area contributed by atoms with E-state index in [9.17, 15) is 9.90 Å². The molecule has 2 heterocycles. The van der Waals surface area contributed by atoms with E-state index in [1.165, 1.54) is 0 Å². The van der Waals surface area contributed by atoms with Crippen molar-refractivity contribution in [3.63, 3.8) is 0 Å². The summed E-state index contributed by atoms with van der Waals surface area (Å²) < 4.78 is 40.6. The molecule has 262 valence electrons. The largest absolute Gasteiger partial charge is 0.496 e. The third-order valence-corrected chi connectivity index (χ3v) is 8.35. The maximum Gasteiger partial charge on any atom is 0.410 e. The molecule has 2 aromatic carbocycles. The van der Waals surface area contributed by atoms with Crippen molar-refractivity contribution in [1.82, 2.24) is 4.90 Å². The number of carbonyl (C=O) groups is 1. The first-order chi connectivity index (χ1) is 22.5. The van der Waals surface area contributed by atoms with Crippen LogP contribution in [0.3, 0.4) is 0 Å². The predicted octanol–water partition coefficient (Wildman–Crippen LogP) is 5.29. The van der Waals surface area contributed by atoms with E-state index < -0.39 is 23.4 Å². The van der Waals surface area contributed by atoms with Crippen LogP contribution in [-0.4, -0.2) is 101 Å². The monoisotopic (exact) mass is 658 g/mol. The molecule has 11 nitrogen and oxygen atoms in total. The summed E-state index contributed by atoms with van der Waals surface area (Å²) in [6.07, 6.45) is -0.0640. The molecule has 0 aromatic heterocycles. The second-order valence-corrected chi connectivity index (χ2v) is 13.2. The van der Waals surface area contributed by atoms with Gasteiger partial charge in [0.05, 0.1) is 51.8 Å². The number of fused-ring (bicyclic) bond motifs is 1. The van der Waals surface area contributed by atoms with Gasteiger partial charge < -0.3 is 48.1 Å². The molecule has 11 heteroatoms. The zero-order chi connectivity index (χ0) is 34.0. The van der Waals surface area contributed by atoms with E-state index in [2.05, 4.69) is 11.0 Å². The lowest BCUT2D eigenvalue weighted by atomic mass is 9.81. The average molecular weight is 659 g/mol. The minimum Gasteiger partial charge on any atom is -0.496 e. The first-order valence-corrected chi connectivity index (χ1v) is 16.7. The number of nitrogens with zero attached hydrogens (tertiary/aromatic N) is 2. The van der Waals surface area contributed by atoms with Crippen molar-refractivity contribution < 1.29 is 43.1 Å². The lowest BCUT2D eigenvalue weighted by Gasteiger charge is -2.45. The Morgan fingerprint density at radius 3 is 2.60 bits per heavy atom. The molecule has 1 N–H and O–H groups in total. The van der Waals surface area contributed by atoms with Crippen LogP contribution in [0.25, 0.3) is 0 Å². The molecule has 0 spiro atoms. The number of ether oxygens (including phenoxy) is 7. The van der Waals surface area contributed by atoms with Crippen LogP contribution in [0.4, 0.5) is 10.5 Å². The average Bonchev–Trinajstić information content (AvgIpc) is 3.03. The predicted molar refractivity (Wildman–Crippen MR) is 179 cm³/mol. The fourth-order valence-corrected chi connectivity index (χ4v) is 6.00. The van der Waals surface area contributed by atoms with Gasteiger partial charge in [0.1, 0.15) is 35.4 Å². The number of methoxy groups -OCH3 is 2. The van der Waals surface area contributed by atoms with Crippen molar-refractivity contribution in [3.8, 4) is 11.5 Å². The second kappa shape index (κ2) is 16.8. The minimum atomic E-state index is -1.43. The Balaban J connectivity index is 1.56. The van der Waals surface area contributed by atoms with E-state index in [4.69, 9.17) is 33.2 Å². The Labute approximate surface area is 280 Å². The van der Waals surface area contributed by atoms with Gasteiger partial charge in [0, 0.05) is 45.4 Å². The molecule has 0 radical (unpaired) electrons.